The van der Waals surface area contributed by atoms with Gasteiger partial charge in [-0.15, -0.1) is 0 Å². The highest BCUT2D eigenvalue weighted by molar-refractivity contribution is 6.12. The Labute approximate surface area is 341 Å². The Balaban J connectivity index is 1.06. The van der Waals surface area contributed by atoms with E-state index in [1.54, 1.807) is 0 Å². The van der Waals surface area contributed by atoms with Crippen LogP contribution >= 0.6 is 0 Å². The van der Waals surface area contributed by atoms with E-state index < -0.39 is 0 Å². The molecule has 5 heteroatoms. The first-order chi connectivity index (χ1) is 29.0. The van der Waals surface area contributed by atoms with Crippen LogP contribution in [0.3, 0.4) is 0 Å². The molecule has 11 aromatic rings. The molecule has 0 spiro atoms. The van der Waals surface area contributed by atoms with Gasteiger partial charge in [0.05, 0.1) is 22.1 Å². The average Bonchev–Trinajstić information content (AvgIpc) is 3.88. The molecule has 0 amide bonds. The number of para-hydroxylation sites is 3. The van der Waals surface area contributed by atoms with Crippen molar-refractivity contribution in [3.05, 3.63) is 199 Å². The molecule has 0 bridgehead atoms. The third-order valence-corrected chi connectivity index (χ3v) is 12.4. The van der Waals surface area contributed by atoms with Gasteiger partial charge in [-0.05, 0) is 81.9 Å². The molecule has 8 aromatic carbocycles. The van der Waals surface area contributed by atoms with Gasteiger partial charge in [-0.3, -0.25) is 4.57 Å². The third kappa shape index (κ3) is 5.08. The van der Waals surface area contributed by atoms with E-state index in [-0.39, 0.29) is 5.41 Å². The highest BCUT2D eigenvalue weighted by atomic mass is 15.2. The van der Waals surface area contributed by atoms with Crippen molar-refractivity contribution < 1.29 is 0 Å². The maximum Gasteiger partial charge on any atom is 0.238 e. The van der Waals surface area contributed by atoms with Gasteiger partial charge >= 0.3 is 0 Å². The molecule has 1 aliphatic rings. The van der Waals surface area contributed by atoms with Crippen LogP contribution in [0.2, 0.25) is 0 Å². The van der Waals surface area contributed by atoms with Gasteiger partial charge in [0.25, 0.3) is 0 Å². The second-order valence-corrected chi connectivity index (χ2v) is 16.1. The monoisotopic (exact) mass is 755 g/mol. The lowest BCUT2D eigenvalue weighted by atomic mass is 9.82. The predicted octanol–water partition coefficient (Wildman–Crippen LogP) is 13.4. The van der Waals surface area contributed by atoms with Crippen molar-refractivity contribution in [2.24, 2.45) is 0 Å². The number of hydrogen-bond acceptors (Lipinski definition) is 3. The lowest BCUT2D eigenvalue weighted by Gasteiger charge is -2.22. The van der Waals surface area contributed by atoms with Crippen LogP contribution in [0.5, 0.6) is 0 Å². The van der Waals surface area contributed by atoms with Crippen LogP contribution in [-0.4, -0.2) is 24.1 Å². The summed E-state index contributed by atoms with van der Waals surface area (Å²) in [6, 6.07) is 67.1. The number of aromatic nitrogens is 5. The summed E-state index contributed by atoms with van der Waals surface area (Å²) in [5, 5.41) is 4.86. The number of nitrogens with zero attached hydrogens (tertiary/aromatic N) is 5. The minimum atomic E-state index is -0.272. The Kier molecular flexibility index (Phi) is 7.20. The molecule has 59 heavy (non-hydrogen) atoms. The number of hydrogen-bond donors (Lipinski definition) is 0. The number of fused-ring (bicyclic) bond motifs is 9. The molecule has 3 heterocycles. The molecule has 0 aliphatic heterocycles. The van der Waals surface area contributed by atoms with Crippen LogP contribution in [0, 0.1) is 0 Å². The number of rotatable bonds is 5. The van der Waals surface area contributed by atoms with E-state index >= 15 is 0 Å². The van der Waals surface area contributed by atoms with Crippen LogP contribution in [0.25, 0.3) is 100 Å². The molecule has 3 aromatic heterocycles. The van der Waals surface area contributed by atoms with Crippen molar-refractivity contribution in [1.82, 2.24) is 24.1 Å². The highest BCUT2D eigenvalue weighted by Crippen LogP contribution is 2.52. The van der Waals surface area contributed by atoms with E-state index in [0.29, 0.717) is 17.6 Å². The Bertz CT molecular complexity index is 3410. The fraction of sp³-hybridized carbons (Fsp3) is 0.0556. The predicted molar refractivity (Wildman–Crippen MR) is 242 cm³/mol. The van der Waals surface area contributed by atoms with Crippen LogP contribution in [0.4, 0.5) is 0 Å². The normalized spacial score (nSPS) is 13.1. The molecule has 0 fully saturated rings. The van der Waals surface area contributed by atoms with Gasteiger partial charge < -0.3 is 4.57 Å². The Morgan fingerprint density at radius 2 is 0.881 bits per heavy atom. The van der Waals surface area contributed by atoms with Crippen molar-refractivity contribution in [3.63, 3.8) is 0 Å². The third-order valence-electron chi connectivity index (χ3n) is 12.4. The Morgan fingerprint density at radius 3 is 1.56 bits per heavy atom. The zero-order valence-corrected chi connectivity index (χ0v) is 32.6. The van der Waals surface area contributed by atoms with Gasteiger partial charge in [0, 0.05) is 43.8 Å². The van der Waals surface area contributed by atoms with Crippen molar-refractivity contribution in [2.45, 2.75) is 19.3 Å². The van der Waals surface area contributed by atoms with Crippen LogP contribution in [-0.2, 0) is 5.41 Å². The quantitative estimate of drug-likeness (QED) is 0.176. The standard InChI is InChI=1S/C54H37N5/c1-54(2)45-31-38(58-47-25-12-9-22-40(47)41-23-10-13-26-48(41)58)28-29-39(45)43-32-44-42-24-11-14-27-49(42)59(50(44)33-46(43)54)53-56-51(35-18-7-4-8-19-35)55-52(57-53)37-21-15-20-36(30-37)34-16-5-3-6-17-34/h3-33H,1-2H3. The van der Waals surface area contributed by atoms with Crippen LogP contribution < -0.4 is 0 Å². The molecule has 0 saturated carbocycles. The molecule has 1 aliphatic carbocycles. The summed E-state index contributed by atoms with van der Waals surface area (Å²) in [5.74, 6) is 1.85. The minimum absolute atomic E-state index is 0.272. The smallest absolute Gasteiger partial charge is 0.238 e. The second kappa shape index (κ2) is 12.7. The van der Waals surface area contributed by atoms with Gasteiger partial charge in [-0.25, -0.2) is 4.98 Å². The fourth-order valence-corrected chi connectivity index (χ4v) is 9.52. The van der Waals surface area contributed by atoms with E-state index in [2.05, 4.69) is 187 Å². The highest BCUT2D eigenvalue weighted by Gasteiger charge is 2.37. The summed E-state index contributed by atoms with van der Waals surface area (Å²) >= 11 is 0. The summed E-state index contributed by atoms with van der Waals surface area (Å²) in [5.41, 5.74) is 14.7. The van der Waals surface area contributed by atoms with Crippen molar-refractivity contribution in [3.8, 4) is 56.7 Å². The zero-order chi connectivity index (χ0) is 39.2. The van der Waals surface area contributed by atoms with E-state index in [9.17, 15) is 0 Å². The fourth-order valence-electron chi connectivity index (χ4n) is 9.52. The SMILES string of the molecule is CC1(C)c2cc(-n3c4ccccc4c4ccccc43)ccc2-c2cc3c4ccccc4n(-c4nc(-c5ccccc5)nc(-c5cccc(-c6ccccc6)c5)n4)c3cc21. The molecule has 12 rings (SSSR count). The Hall–Kier alpha value is -7.63. The molecule has 0 unspecified atom stereocenters. The summed E-state index contributed by atoms with van der Waals surface area (Å²) in [7, 11) is 0. The van der Waals surface area contributed by atoms with Crippen LogP contribution in [0.15, 0.2) is 188 Å². The summed E-state index contributed by atoms with van der Waals surface area (Å²) in [4.78, 5) is 15.7. The topological polar surface area (TPSA) is 48.5 Å². The lowest BCUT2D eigenvalue weighted by Crippen LogP contribution is -2.15. The first kappa shape index (κ1) is 33.5. The summed E-state index contributed by atoms with van der Waals surface area (Å²) in [6.45, 7) is 4.72. The molecular formula is C54H37N5. The zero-order valence-electron chi connectivity index (χ0n) is 32.6. The van der Waals surface area contributed by atoms with Gasteiger partial charge in [0.15, 0.2) is 11.6 Å². The largest absolute Gasteiger partial charge is 0.309 e. The molecule has 0 N–H and O–H groups in total. The molecule has 0 atom stereocenters. The van der Waals surface area contributed by atoms with Crippen molar-refractivity contribution in [1.29, 1.82) is 0 Å². The first-order valence-electron chi connectivity index (χ1n) is 20.2. The summed E-state index contributed by atoms with van der Waals surface area (Å²) in [6.07, 6.45) is 0. The maximum atomic E-state index is 5.30. The minimum Gasteiger partial charge on any atom is -0.309 e. The van der Waals surface area contributed by atoms with Gasteiger partial charge in [0.1, 0.15) is 0 Å². The molecule has 0 radical (unpaired) electrons. The van der Waals surface area contributed by atoms with E-state index in [1.807, 2.05) is 24.3 Å². The van der Waals surface area contributed by atoms with Crippen molar-refractivity contribution in [2.75, 3.05) is 0 Å². The van der Waals surface area contributed by atoms with E-state index in [0.717, 1.165) is 38.7 Å². The lowest BCUT2D eigenvalue weighted by molar-refractivity contribution is 0.660. The van der Waals surface area contributed by atoms with Gasteiger partial charge in [-0.1, -0.05) is 153 Å². The van der Waals surface area contributed by atoms with E-state index in [1.165, 1.54) is 55.1 Å². The molecule has 5 nitrogen and oxygen atoms in total. The Morgan fingerprint density at radius 1 is 0.356 bits per heavy atom. The molecule has 0 saturated heterocycles. The van der Waals surface area contributed by atoms with Gasteiger partial charge in [0.2, 0.25) is 5.95 Å². The first-order valence-corrected chi connectivity index (χ1v) is 20.2. The number of benzene rings is 8. The average molecular weight is 756 g/mol. The van der Waals surface area contributed by atoms with E-state index in [4.69, 9.17) is 15.0 Å². The maximum absolute atomic E-state index is 5.30. The van der Waals surface area contributed by atoms with Crippen LogP contribution in [0.1, 0.15) is 25.0 Å². The molecule has 278 valence electrons. The van der Waals surface area contributed by atoms with Gasteiger partial charge in [-0.2, -0.15) is 9.97 Å². The summed E-state index contributed by atoms with van der Waals surface area (Å²) < 4.78 is 4.66. The van der Waals surface area contributed by atoms with Crippen molar-refractivity contribution >= 4 is 43.6 Å². The second-order valence-electron chi connectivity index (χ2n) is 16.1. The molecular weight excluding hydrogens is 719 g/mol.